The molecule has 7 nitrogen and oxygen atoms in total. The quantitative estimate of drug-likeness (QED) is 0.189. The molecule has 1 aromatic carbocycles. The average Bonchev–Trinajstić information content (AvgIpc) is 2.78. The molecule has 1 aromatic heterocycles. The van der Waals surface area contributed by atoms with Gasteiger partial charge >= 0.3 is 0 Å². The van der Waals surface area contributed by atoms with Crippen molar-refractivity contribution in [2.24, 2.45) is 22.9 Å². The Labute approximate surface area is 223 Å². The molecule has 0 aliphatic rings. The summed E-state index contributed by atoms with van der Waals surface area (Å²) in [5.41, 5.74) is 3.57. The molecular formula is C28H42ClN5O2. The van der Waals surface area contributed by atoms with Crippen LogP contribution in [0.5, 0.6) is 0 Å². The average molecular weight is 516 g/mol. The first-order chi connectivity index (χ1) is 16.6. The number of rotatable bonds is 13. The Morgan fingerprint density at radius 3 is 2.17 bits per heavy atom. The third-order valence-electron chi connectivity index (χ3n) is 5.64. The van der Waals surface area contributed by atoms with Crippen LogP contribution in [0.15, 0.2) is 53.9 Å². The lowest BCUT2D eigenvalue weighted by atomic mass is 10.00. The topological polar surface area (TPSA) is 68.9 Å². The van der Waals surface area contributed by atoms with Gasteiger partial charge in [0.25, 0.3) is 0 Å². The van der Waals surface area contributed by atoms with E-state index in [2.05, 4.69) is 49.1 Å². The van der Waals surface area contributed by atoms with Crippen molar-refractivity contribution in [1.29, 1.82) is 0 Å². The molecule has 8 heteroatoms. The molecule has 0 aliphatic heterocycles. The number of nitrogens with one attached hydrogen (secondary N) is 1. The van der Waals surface area contributed by atoms with Gasteiger partial charge < -0.3 is 22.6 Å². The predicted octanol–water partition coefficient (Wildman–Crippen LogP) is 1.26. The molecule has 1 N–H and O–H groups in total. The minimum Gasteiger partial charge on any atom is -1.00 e. The van der Waals surface area contributed by atoms with Crippen molar-refractivity contribution in [3.05, 3.63) is 59.9 Å². The normalized spacial score (nSPS) is 12.4. The van der Waals surface area contributed by atoms with Crippen LogP contribution in [0.1, 0.15) is 45.7 Å². The Bertz CT molecular complexity index is 985. The molecule has 1 unspecified atom stereocenters. The van der Waals surface area contributed by atoms with E-state index in [1.807, 2.05) is 68.1 Å². The summed E-state index contributed by atoms with van der Waals surface area (Å²) >= 11 is 0. The van der Waals surface area contributed by atoms with Crippen LogP contribution >= 0.6 is 0 Å². The number of benzene rings is 1. The van der Waals surface area contributed by atoms with Gasteiger partial charge in [0.05, 0.1) is 5.92 Å². The van der Waals surface area contributed by atoms with Crippen LogP contribution in [0.2, 0.25) is 0 Å². The number of anilines is 1. The summed E-state index contributed by atoms with van der Waals surface area (Å²) < 4.78 is 1.86. The molecule has 0 bridgehead atoms. The number of amides is 2. The minimum absolute atomic E-state index is 0. The zero-order valence-corrected chi connectivity index (χ0v) is 23.5. The largest absolute Gasteiger partial charge is 1.00 e. The van der Waals surface area contributed by atoms with Gasteiger partial charge in [-0.15, -0.1) is 0 Å². The zero-order valence-electron chi connectivity index (χ0n) is 22.7. The second-order valence-electron chi connectivity index (χ2n) is 10.2. The van der Waals surface area contributed by atoms with E-state index in [9.17, 15) is 9.59 Å². The van der Waals surface area contributed by atoms with E-state index in [1.54, 1.807) is 0 Å². The highest BCUT2D eigenvalue weighted by Crippen LogP contribution is 2.19. The Morgan fingerprint density at radius 1 is 1.03 bits per heavy atom. The maximum absolute atomic E-state index is 13.6. The van der Waals surface area contributed by atoms with E-state index < -0.39 is 5.92 Å². The van der Waals surface area contributed by atoms with Gasteiger partial charge in [-0.3, -0.25) is 9.59 Å². The van der Waals surface area contributed by atoms with Crippen molar-refractivity contribution in [3.8, 4) is 0 Å². The molecule has 0 spiro atoms. The second kappa shape index (κ2) is 15.4. The van der Waals surface area contributed by atoms with E-state index in [4.69, 9.17) is 0 Å². The van der Waals surface area contributed by atoms with E-state index in [0.29, 0.717) is 30.5 Å². The number of hydrogen-bond acceptors (Lipinski definition) is 4. The Hall–Kier alpha value is -2.77. The van der Waals surface area contributed by atoms with Gasteiger partial charge in [0, 0.05) is 43.2 Å². The standard InChI is InChI=1S/C28H41N5O2.ClH/c1-21(2)16-32(17-22(3)4)18-26(28(35)29-27-12-11-23(5)15-24(27)6)25(7)30-33(20-34)19-31-13-9-8-10-14-31;/h8-15,20-22,26H,16-19H2,1-7H3;1H/b30-25-;. The summed E-state index contributed by atoms with van der Waals surface area (Å²) in [4.78, 5) is 27.7. The lowest BCUT2D eigenvalue weighted by Crippen LogP contribution is -3.00. The first kappa shape index (κ1) is 31.3. The zero-order chi connectivity index (χ0) is 26.0. The third-order valence-corrected chi connectivity index (χ3v) is 5.64. The summed E-state index contributed by atoms with van der Waals surface area (Å²) in [5, 5.41) is 9.02. The number of pyridine rings is 1. The van der Waals surface area contributed by atoms with Crippen molar-refractivity contribution >= 4 is 23.7 Å². The molecule has 0 saturated carbocycles. The molecule has 198 valence electrons. The number of halogens is 1. The fraction of sp³-hybridized carbons (Fsp3) is 0.500. The molecule has 0 radical (unpaired) electrons. The van der Waals surface area contributed by atoms with E-state index in [-0.39, 0.29) is 25.0 Å². The highest BCUT2D eigenvalue weighted by molar-refractivity contribution is 6.09. The maximum Gasteiger partial charge on any atom is 0.245 e. The van der Waals surface area contributed by atoms with Crippen molar-refractivity contribution in [1.82, 2.24) is 9.91 Å². The van der Waals surface area contributed by atoms with Gasteiger partial charge in [-0.25, -0.2) is 0 Å². The first-order valence-corrected chi connectivity index (χ1v) is 12.4. The van der Waals surface area contributed by atoms with Crippen LogP contribution < -0.4 is 22.3 Å². The van der Waals surface area contributed by atoms with Gasteiger partial charge in [-0.2, -0.15) is 14.7 Å². The van der Waals surface area contributed by atoms with Crippen LogP contribution in [-0.4, -0.2) is 47.6 Å². The summed E-state index contributed by atoms with van der Waals surface area (Å²) in [6, 6.07) is 11.7. The van der Waals surface area contributed by atoms with Crippen molar-refractivity contribution in [2.75, 3.05) is 25.0 Å². The molecule has 2 rings (SSSR count). The summed E-state index contributed by atoms with van der Waals surface area (Å²) in [6.45, 7) is 17.2. The predicted molar refractivity (Wildman–Crippen MR) is 142 cm³/mol. The fourth-order valence-electron chi connectivity index (χ4n) is 4.15. The lowest BCUT2D eigenvalue weighted by Gasteiger charge is -2.30. The first-order valence-electron chi connectivity index (χ1n) is 12.4. The molecule has 1 heterocycles. The number of aryl methyl sites for hydroxylation is 2. The van der Waals surface area contributed by atoms with E-state index >= 15 is 0 Å². The van der Waals surface area contributed by atoms with Crippen LogP contribution in [-0.2, 0) is 16.3 Å². The Morgan fingerprint density at radius 2 is 1.64 bits per heavy atom. The number of aromatic nitrogens is 1. The number of hydrogen-bond donors (Lipinski definition) is 1. The van der Waals surface area contributed by atoms with Gasteiger partial charge in [-0.1, -0.05) is 51.5 Å². The van der Waals surface area contributed by atoms with Crippen LogP contribution in [0.25, 0.3) is 0 Å². The highest BCUT2D eigenvalue weighted by Gasteiger charge is 2.27. The molecule has 0 saturated heterocycles. The Kier molecular flexibility index (Phi) is 13.3. The number of carbonyl (C=O) groups excluding carboxylic acids is 2. The van der Waals surface area contributed by atoms with Gasteiger partial charge in [0.15, 0.2) is 12.4 Å². The highest BCUT2D eigenvalue weighted by atomic mass is 35.5. The molecule has 0 aliphatic carbocycles. The molecule has 36 heavy (non-hydrogen) atoms. The van der Waals surface area contributed by atoms with Gasteiger partial charge in [0.1, 0.15) is 0 Å². The fourth-order valence-corrected chi connectivity index (χ4v) is 4.15. The van der Waals surface area contributed by atoms with E-state index in [1.165, 1.54) is 5.01 Å². The Balaban J connectivity index is 0.00000648. The van der Waals surface area contributed by atoms with Crippen LogP contribution in [0.3, 0.4) is 0 Å². The summed E-state index contributed by atoms with van der Waals surface area (Å²) in [5.74, 6) is 0.315. The van der Waals surface area contributed by atoms with Crippen LogP contribution in [0, 0.1) is 31.6 Å². The van der Waals surface area contributed by atoms with Crippen LogP contribution in [0.4, 0.5) is 5.69 Å². The maximum atomic E-state index is 13.6. The molecule has 0 fully saturated rings. The SMILES string of the molecule is C/C(=N/N(C=O)C[n+]1ccccc1)C(CN(CC(C)C)CC(C)C)C(=O)Nc1ccc(C)cc1C.[Cl-]. The van der Waals surface area contributed by atoms with Gasteiger partial charge in [0.2, 0.25) is 19.0 Å². The minimum atomic E-state index is -0.503. The molecule has 2 aromatic rings. The van der Waals surface area contributed by atoms with Gasteiger partial charge in [-0.05, 0) is 44.2 Å². The van der Waals surface area contributed by atoms with Crippen molar-refractivity contribution in [2.45, 2.75) is 55.1 Å². The van der Waals surface area contributed by atoms with E-state index in [0.717, 1.165) is 29.9 Å². The molecule has 1 atom stereocenters. The third kappa shape index (κ3) is 10.5. The monoisotopic (exact) mass is 515 g/mol. The summed E-state index contributed by atoms with van der Waals surface area (Å²) in [6.07, 6.45) is 4.44. The number of nitrogens with zero attached hydrogens (tertiary/aromatic N) is 4. The number of hydrazone groups is 1. The van der Waals surface area contributed by atoms with Crippen molar-refractivity contribution in [3.63, 3.8) is 0 Å². The molecular weight excluding hydrogens is 474 g/mol. The van der Waals surface area contributed by atoms with Crippen molar-refractivity contribution < 1.29 is 26.6 Å². The lowest BCUT2D eigenvalue weighted by molar-refractivity contribution is -0.712. The number of carbonyl (C=O) groups is 2. The smallest absolute Gasteiger partial charge is 0.245 e. The second-order valence-corrected chi connectivity index (χ2v) is 10.2. The molecule has 2 amide bonds. The summed E-state index contributed by atoms with van der Waals surface area (Å²) in [7, 11) is 0.